The Balaban J connectivity index is 1.97. The lowest BCUT2D eigenvalue weighted by molar-refractivity contribution is 0.118. The first-order chi connectivity index (χ1) is 7.79. The summed E-state index contributed by atoms with van der Waals surface area (Å²) in [5.74, 6) is 1.68. The van der Waals surface area contributed by atoms with Crippen LogP contribution in [0.4, 0.5) is 0 Å². The molecule has 1 fully saturated rings. The zero-order valence-electron chi connectivity index (χ0n) is 9.86. The molecule has 0 radical (unpaired) electrons. The van der Waals surface area contributed by atoms with Gasteiger partial charge in [-0.3, -0.25) is 0 Å². The smallest absolute Gasteiger partial charge is 0.161 e. The molecular weight excluding hydrogens is 200 g/mol. The molecule has 0 heterocycles. The molecule has 0 saturated heterocycles. The molecule has 0 aromatic heterocycles. The van der Waals surface area contributed by atoms with Gasteiger partial charge >= 0.3 is 0 Å². The van der Waals surface area contributed by atoms with Gasteiger partial charge in [-0.1, -0.05) is 31.9 Å². The van der Waals surface area contributed by atoms with Crippen LogP contribution in [0.2, 0.25) is 0 Å². The summed E-state index contributed by atoms with van der Waals surface area (Å²) < 4.78 is 5.87. The number of phenolic OH excluding ortho intramolecular Hbond substituents is 1. The molecule has 1 saturated carbocycles. The van der Waals surface area contributed by atoms with Crippen LogP contribution in [0.1, 0.15) is 39.0 Å². The lowest BCUT2D eigenvalue weighted by atomic mass is 9.85. The lowest BCUT2D eigenvalue weighted by Crippen LogP contribution is -2.25. The largest absolute Gasteiger partial charge is 0.504 e. The van der Waals surface area contributed by atoms with E-state index in [-0.39, 0.29) is 11.9 Å². The van der Waals surface area contributed by atoms with Crippen molar-refractivity contribution < 1.29 is 9.84 Å². The third-order valence-corrected chi connectivity index (χ3v) is 3.47. The Kier molecular flexibility index (Phi) is 3.70. The topological polar surface area (TPSA) is 29.5 Å². The SMILES string of the molecule is CCC1CCCC(Oc2ccccc2O)C1. The average molecular weight is 220 g/mol. The normalized spacial score (nSPS) is 25.3. The fraction of sp³-hybridized carbons (Fsp3) is 0.571. The van der Waals surface area contributed by atoms with Crippen LogP contribution in [0.25, 0.3) is 0 Å². The number of rotatable bonds is 3. The molecule has 2 nitrogen and oxygen atoms in total. The zero-order chi connectivity index (χ0) is 11.4. The Morgan fingerprint density at radius 2 is 2.12 bits per heavy atom. The van der Waals surface area contributed by atoms with Crippen molar-refractivity contribution >= 4 is 0 Å². The summed E-state index contributed by atoms with van der Waals surface area (Å²) in [5, 5.41) is 9.64. The highest BCUT2D eigenvalue weighted by Gasteiger charge is 2.22. The first kappa shape index (κ1) is 11.3. The van der Waals surface area contributed by atoms with Crippen molar-refractivity contribution in [2.24, 2.45) is 5.92 Å². The molecule has 2 atom stereocenters. The van der Waals surface area contributed by atoms with Crippen LogP contribution in [0.5, 0.6) is 11.5 Å². The minimum atomic E-state index is 0.251. The Morgan fingerprint density at radius 1 is 1.31 bits per heavy atom. The molecule has 0 aliphatic heterocycles. The molecule has 1 aliphatic rings. The zero-order valence-corrected chi connectivity index (χ0v) is 9.86. The standard InChI is InChI=1S/C14H20O2/c1-2-11-6-5-7-12(10-11)16-14-9-4-3-8-13(14)15/h3-4,8-9,11-12,15H,2,5-7,10H2,1H3. The first-order valence-corrected chi connectivity index (χ1v) is 6.24. The van der Waals surface area contributed by atoms with Gasteiger partial charge in [-0.25, -0.2) is 0 Å². The van der Waals surface area contributed by atoms with Crippen LogP contribution < -0.4 is 4.74 Å². The van der Waals surface area contributed by atoms with E-state index in [9.17, 15) is 5.11 Å². The van der Waals surface area contributed by atoms with E-state index in [0.29, 0.717) is 5.75 Å². The second-order valence-electron chi connectivity index (χ2n) is 4.65. The molecule has 1 aromatic carbocycles. The number of hydrogen-bond acceptors (Lipinski definition) is 2. The van der Waals surface area contributed by atoms with E-state index < -0.39 is 0 Å². The minimum absolute atomic E-state index is 0.251. The highest BCUT2D eigenvalue weighted by Crippen LogP contribution is 2.32. The maximum Gasteiger partial charge on any atom is 0.161 e. The molecule has 16 heavy (non-hydrogen) atoms. The van der Waals surface area contributed by atoms with Gasteiger partial charge < -0.3 is 9.84 Å². The fourth-order valence-electron chi connectivity index (χ4n) is 2.46. The Labute approximate surface area is 97.3 Å². The number of phenols is 1. The molecule has 0 amide bonds. The van der Waals surface area contributed by atoms with E-state index in [1.807, 2.05) is 18.2 Å². The molecule has 88 valence electrons. The van der Waals surface area contributed by atoms with Crippen molar-refractivity contribution in [2.45, 2.75) is 45.1 Å². The molecule has 2 unspecified atom stereocenters. The highest BCUT2D eigenvalue weighted by atomic mass is 16.5. The van der Waals surface area contributed by atoms with Crippen LogP contribution in [-0.2, 0) is 0 Å². The Bertz CT molecular complexity index is 335. The molecule has 2 rings (SSSR count). The van der Waals surface area contributed by atoms with Gasteiger partial charge in [-0.05, 0) is 37.3 Å². The van der Waals surface area contributed by atoms with Crippen molar-refractivity contribution in [1.82, 2.24) is 0 Å². The number of aromatic hydroxyl groups is 1. The third kappa shape index (κ3) is 2.69. The number of benzene rings is 1. The van der Waals surface area contributed by atoms with E-state index >= 15 is 0 Å². The fourth-order valence-corrected chi connectivity index (χ4v) is 2.46. The molecular formula is C14H20O2. The van der Waals surface area contributed by atoms with E-state index in [0.717, 1.165) is 18.8 Å². The van der Waals surface area contributed by atoms with Crippen LogP contribution in [-0.4, -0.2) is 11.2 Å². The molecule has 2 heteroatoms. The second-order valence-corrected chi connectivity index (χ2v) is 4.65. The first-order valence-electron chi connectivity index (χ1n) is 6.24. The van der Waals surface area contributed by atoms with Crippen molar-refractivity contribution in [2.75, 3.05) is 0 Å². The van der Waals surface area contributed by atoms with Gasteiger partial charge in [-0.15, -0.1) is 0 Å². The third-order valence-electron chi connectivity index (χ3n) is 3.47. The summed E-state index contributed by atoms with van der Waals surface area (Å²) in [6.07, 6.45) is 6.34. The summed E-state index contributed by atoms with van der Waals surface area (Å²) >= 11 is 0. The average Bonchev–Trinajstić information content (AvgIpc) is 2.32. The van der Waals surface area contributed by atoms with Gasteiger partial charge in [0.15, 0.2) is 11.5 Å². The highest BCUT2D eigenvalue weighted by molar-refractivity contribution is 5.38. The Morgan fingerprint density at radius 3 is 2.88 bits per heavy atom. The van der Waals surface area contributed by atoms with Crippen molar-refractivity contribution in [1.29, 1.82) is 0 Å². The number of ether oxygens (including phenoxy) is 1. The van der Waals surface area contributed by atoms with Crippen molar-refractivity contribution in [3.63, 3.8) is 0 Å². The molecule has 0 bridgehead atoms. The van der Waals surface area contributed by atoms with Gasteiger partial charge in [0.2, 0.25) is 0 Å². The van der Waals surface area contributed by atoms with Crippen molar-refractivity contribution in [3.8, 4) is 11.5 Å². The minimum Gasteiger partial charge on any atom is -0.504 e. The molecule has 1 aromatic rings. The number of hydrogen-bond donors (Lipinski definition) is 1. The van der Waals surface area contributed by atoms with E-state index in [4.69, 9.17) is 4.74 Å². The summed E-state index contributed by atoms with van der Waals surface area (Å²) in [6, 6.07) is 7.23. The van der Waals surface area contributed by atoms with Crippen LogP contribution >= 0.6 is 0 Å². The van der Waals surface area contributed by atoms with Gasteiger partial charge in [0.25, 0.3) is 0 Å². The van der Waals surface area contributed by atoms with E-state index in [1.165, 1.54) is 19.3 Å². The molecule has 1 N–H and O–H groups in total. The predicted molar refractivity (Wildman–Crippen MR) is 64.8 cm³/mol. The molecule has 1 aliphatic carbocycles. The van der Waals surface area contributed by atoms with Crippen molar-refractivity contribution in [3.05, 3.63) is 24.3 Å². The predicted octanol–water partition coefficient (Wildman–Crippen LogP) is 3.74. The van der Waals surface area contributed by atoms with E-state index in [1.54, 1.807) is 6.07 Å². The Hall–Kier alpha value is -1.18. The summed E-state index contributed by atoms with van der Waals surface area (Å²) in [5.41, 5.74) is 0. The maximum absolute atomic E-state index is 9.64. The van der Waals surface area contributed by atoms with E-state index in [2.05, 4.69) is 6.92 Å². The second kappa shape index (κ2) is 5.24. The molecule has 0 spiro atoms. The van der Waals surface area contributed by atoms with Gasteiger partial charge in [0, 0.05) is 0 Å². The summed E-state index contributed by atoms with van der Waals surface area (Å²) in [6.45, 7) is 2.24. The van der Waals surface area contributed by atoms with Crippen LogP contribution in [0, 0.1) is 5.92 Å². The monoisotopic (exact) mass is 220 g/mol. The lowest BCUT2D eigenvalue weighted by Gasteiger charge is -2.29. The summed E-state index contributed by atoms with van der Waals surface area (Å²) in [4.78, 5) is 0. The van der Waals surface area contributed by atoms with Gasteiger partial charge in [0.1, 0.15) is 0 Å². The maximum atomic E-state index is 9.64. The quantitative estimate of drug-likeness (QED) is 0.840. The number of para-hydroxylation sites is 2. The van der Waals surface area contributed by atoms with Gasteiger partial charge in [-0.2, -0.15) is 0 Å². The van der Waals surface area contributed by atoms with Crippen LogP contribution in [0.15, 0.2) is 24.3 Å². The summed E-state index contributed by atoms with van der Waals surface area (Å²) in [7, 11) is 0. The van der Waals surface area contributed by atoms with Gasteiger partial charge in [0.05, 0.1) is 6.10 Å². The van der Waals surface area contributed by atoms with Crippen LogP contribution in [0.3, 0.4) is 0 Å².